The molecule has 0 aromatic carbocycles. The number of piperazine rings is 1. The van der Waals surface area contributed by atoms with Gasteiger partial charge in [0, 0.05) is 52.4 Å². The van der Waals surface area contributed by atoms with Crippen molar-refractivity contribution >= 4 is 41.9 Å². The molecule has 0 aromatic rings. The molecule has 3 rings (SSSR count). The molecule has 0 radical (unpaired) electrons. The van der Waals surface area contributed by atoms with E-state index in [0.29, 0.717) is 13.1 Å². The van der Waals surface area contributed by atoms with E-state index in [0.717, 1.165) is 50.0 Å². The third-order valence-electron chi connectivity index (χ3n) is 6.58. The number of imide groups is 1. The molecule has 1 saturated carbocycles. The van der Waals surface area contributed by atoms with E-state index < -0.39 is 0 Å². The van der Waals surface area contributed by atoms with Crippen molar-refractivity contribution in [1.29, 1.82) is 0 Å². The normalized spacial score (nSPS) is 26.6. The zero-order chi connectivity index (χ0) is 20.1. The predicted molar refractivity (Wildman–Crippen MR) is 126 cm³/mol. The SMILES string of the molecule is CN=C(NCCN1C(=O)CNC1=O)N1CCN(C2CCC(C(C)C)CC2)CC1.I. The third kappa shape index (κ3) is 6.19. The number of nitrogens with one attached hydrogen (secondary N) is 2. The second-order valence-corrected chi connectivity index (χ2v) is 8.51. The maximum atomic E-state index is 11.6. The highest BCUT2D eigenvalue weighted by Crippen LogP contribution is 2.32. The van der Waals surface area contributed by atoms with Gasteiger partial charge in [-0.05, 0) is 37.5 Å². The van der Waals surface area contributed by atoms with Gasteiger partial charge in [0.2, 0.25) is 5.91 Å². The van der Waals surface area contributed by atoms with Crippen molar-refractivity contribution < 1.29 is 9.59 Å². The Morgan fingerprint density at radius 1 is 1.14 bits per heavy atom. The molecule has 2 N–H and O–H groups in total. The van der Waals surface area contributed by atoms with Gasteiger partial charge < -0.3 is 15.5 Å². The maximum Gasteiger partial charge on any atom is 0.324 e. The molecule has 166 valence electrons. The van der Waals surface area contributed by atoms with E-state index in [-0.39, 0.29) is 42.5 Å². The van der Waals surface area contributed by atoms with Crippen LogP contribution in [0.4, 0.5) is 4.79 Å². The summed E-state index contributed by atoms with van der Waals surface area (Å²) < 4.78 is 0. The van der Waals surface area contributed by atoms with Crippen LogP contribution in [0.25, 0.3) is 0 Å². The summed E-state index contributed by atoms with van der Waals surface area (Å²) in [5.74, 6) is 2.41. The molecular weight excluding hydrogens is 483 g/mol. The zero-order valence-electron chi connectivity index (χ0n) is 18.0. The monoisotopic (exact) mass is 520 g/mol. The highest BCUT2D eigenvalue weighted by atomic mass is 127. The summed E-state index contributed by atoms with van der Waals surface area (Å²) in [4.78, 5) is 33.8. The minimum Gasteiger partial charge on any atom is -0.354 e. The van der Waals surface area contributed by atoms with Crippen LogP contribution in [0.15, 0.2) is 4.99 Å². The van der Waals surface area contributed by atoms with Gasteiger partial charge in [-0.15, -0.1) is 24.0 Å². The lowest BCUT2D eigenvalue weighted by atomic mass is 9.79. The number of rotatable bonds is 5. The van der Waals surface area contributed by atoms with Gasteiger partial charge in [0.15, 0.2) is 5.96 Å². The number of nitrogens with zero attached hydrogens (tertiary/aromatic N) is 4. The predicted octanol–water partition coefficient (Wildman–Crippen LogP) is 1.56. The van der Waals surface area contributed by atoms with Crippen LogP contribution in [0.3, 0.4) is 0 Å². The van der Waals surface area contributed by atoms with E-state index in [1.54, 1.807) is 7.05 Å². The van der Waals surface area contributed by atoms with Crippen molar-refractivity contribution in [2.45, 2.75) is 45.6 Å². The van der Waals surface area contributed by atoms with Gasteiger partial charge in [0.1, 0.15) is 0 Å². The number of halogens is 1. The number of amides is 3. The lowest BCUT2D eigenvalue weighted by Gasteiger charge is -2.43. The van der Waals surface area contributed by atoms with Crippen LogP contribution in [0.5, 0.6) is 0 Å². The van der Waals surface area contributed by atoms with E-state index in [9.17, 15) is 9.59 Å². The summed E-state index contributed by atoms with van der Waals surface area (Å²) in [5.41, 5.74) is 0. The van der Waals surface area contributed by atoms with Crippen molar-refractivity contribution in [1.82, 2.24) is 25.3 Å². The summed E-state index contributed by atoms with van der Waals surface area (Å²) in [6.07, 6.45) is 5.41. The highest BCUT2D eigenvalue weighted by Gasteiger charge is 2.30. The zero-order valence-corrected chi connectivity index (χ0v) is 20.4. The molecule has 2 saturated heterocycles. The van der Waals surface area contributed by atoms with Crippen LogP contribution in [0.2, 0.25) is 0 Å². The molecular formula is C20H37IN6O2. The Morgan fingerprint density at radius 2 is 1.79 bits per heavy atom. The molecule has 29 heavy (non-hydrogen) atoms. The first-order valence-electron chi connectivity index (χ1n) is 10.8. The average Bonchev–Trinajstić information content (AvgIpc) is 3.03. The molecule has 8 nitrogen and oxygen atoms in total. The Balaban J connectivity index is 0.00000300. The Bertz CT molecular complexity index is 568. The molecule has 0 aromatic heterocycles. The summed E-state index contributed by atoms with van der Waals surface area (Å²) in [6.45, 7) is 9.78. The molecule has 3 fully saturated rings. The Kier molecular flexibility index (Phi) is 9.45. The summed E-state index contributed by atoms with van der Waals surface area (Å²) in [5, 5.41) is 5.85. The van der Waals surface area contributed by atoms with E-state index in [2.05, 4.69) is 39.3 Å². The summed E-state index contributed by atoms with van der Waals surface area (Å²) in [7, 11) is 1.79. The molecule has 0 unspecified atom stereocenters. The molecule has 0 spiro atoms. The molecule has 3 aliphatic rings. The highest BCUT2D eigenvalue weighted by molar-refractivity contribution is 14.0. The minimum absolute atomic E-state index is 0. The van der Waals surface area contributed by atoms with Crippen molar-refractivity contribution in [2.75, 3.05) is 52.9 Å². The standard InChI is InChI=1S/C20H36N6O2.HI/c1-15(2)16-4-6-17(7-5-16)24-10-12-25(13-11-24)19(21-3)22-8-9-26-18(27)14-23-20(26)28;/h15-17H,4-14H2,1-3H3,(H,21,22)(H,23,28);1H. The molecule has 3 amide bonds. The van der Waals surface area contributed by atoms with Gasteiger partial charge in [0.25, 0.3) is 0 Å². The van der Waals surface area contributed by atoms with Gasteiger partial charge >= 0.3 is 6.03 Å². The van der Waals surface area contributed by atoms with Crippen molar-refractivity contribution in [2.24, 2.45) is 16.8 Å². The van der Waals surface area contributed by atoms with E-state index in [1.807, 2.05) is 0 Å². The molecule has 2 heterocycles. The van der Waals surface area contributed by atoms with Crippen LogP contribution < -0.4 is 10.6 Å². The number of hydrogen-bond donors (Lipinski definition) is 2. The van der Waals surface area contributed by atoms with Crippen LogP contribution >= 0.6 is 24.0 Å². The smallest absolute Gasteiger partial charge is 0.324 e. The lowest BCUT2D eigenvalue weighted by molar-refractivity contribution is -0.124. The molecule has 9 heteroatoms. The first-order valence-corrected chi connectivity index (χ1v) is 10.8. The number of urea groups is 1. The first kappa shape index (κ1) is 24.2. The first-order chi connectivity index (χ1) is 13.5. The average molecular weight is 520 g/mol. The lowest BCUT2D eigenvalue weighted by Crippen LogP contribution is -2.55. The Labute approximate surface area is 191 Å². The van der Waals surface area contributed by atoms with Gasteiger partial charge in [-0.3, -0.25) is 19.6 Å². The number of hydrogen-bond acceptors (Lipinski definition) is 4. The van der Waals surface area contributed by atoms with Crippen LogP contribution in [0, 0.1) is 11.8 Å². The Morgan fingerprint density at radius 3 is 2.31 bits per heavy atom. The van der Waals surface area contributed by atoms with Crippen LogP contribution in [-0.2, 0) is 4.79 Å². The molecule has 0 atom stereocenters. The second-order valence-electron chi connectivity index (χ2n) is 8.51. The van der Waals surface area contributed by atoms with Crippen molar-refractivity contribution in [3.05, 3.63) is 0 Å². The van der Waals surface area contributed by atoms with E-state index >= 15 is 0 Å². The van der Waals surface area contributed by atoms with Crippen molar-refractivity contribution in [3.8, 4) is 0 Å². The second kappa shape index (κ2) is 11.3. The number of aliphatic imine (C=N–C) groups is 1. The van der Waals surface area contributed by atoms with Crippen LogP contribution in [-0.4, -0.2) is 91.5 Å². The topological polar surface area (TPSA) is 80.3 Å². The van der Waals surface area contributed by atoms with E-state index in [1.165, 1.54) is 30.6 Å². The third-order valence-corrected chi connectivity index (χ3v) is 6.58. The number of guanidine groups is 1. The minimum atomic E-state index is -0.303. The summed E-state index contributed by atoms with van der Waals surface area (Å²) >= 11 is 0. The number of carbonyl (C=O) groups excluding carboxylic acids is 2. The van der Waals surface area contributed by atoms with Gasteiger partial charge in [-0.2, -0.15) is 0 Å². The maximum absolute atomic E-state index is 11.6. The molecule has 2 aliphatic heterocycles. The fraction of sp³-hybridized carbons (Fsp3) is 0.850. The van der Waals surface area contributed by atoms with Crippen molar-refractivity contribution in [3.63, 3.8) is 0 Å². The fourth-order valence-corrected chi connectivity index (χ4v) is 4.73. The van der Waals surface area contributed by atoms with E-state index in [4.69, 9.17) is 0 Å². The molecule has 0 bridgehead atoms. The van der Waals surface area contributed by atoms with Crippen LogP contribution in [0.1, 0.15) is 39.5 Å². The number of carbonyl (C=O) groups is 2. The van der Waals surface area contributed by atoms with Gasteiger partial charge in [0.05, 0.1) is 6.54 Å². The Hall–Kier alpha value is -1.10. The summed E-state index contributed by atoms with van der Waals surface area (Å²) in [6, 6.07) is 0.439. The quantitative estimate of drug-likeness (QED) is 0.249. The molecule has 1 aliphatic carbocycles. The largest absolute Gasteiger partial charge is 0.354 e. The van der Waals surface area contributed by atoms with Gasteiger partial charge in [-0.25, -0.2) is 4.79 Å². The fourth-order valence-electron chi connectivity index (χ4n) is 4.73. The van der Waals surface area contributed by atoms with Gasteiger partial charge in [-0.1, -0.05) is 13.8 Å².